The summed E-state index contributed by atoms with van der Waals surface area (Å²) in [5.74, 6) is -1.30. The summed E-state index contributed by atoms with van der Waals surface area (Å²) >= 11 is 4.84. The lowest BCUT2D eigenvalue weighted by Crippen LogP contribution is -2.02. The van der Waals surface area contributed by atoms with Gasteiger partial charge in [0, 0.05) is 0 Å². The Morgan fingerprint density at radius 3 is 2.73 bits per heavy atom. The number of nitrogens with one attached hydrogen (secondary N) is 1. The number of aryl methyl sites for hydroxylation is 1. The lowest BCUT2D eigenvalue weighted by atomic mass is 10.2. The number of hydrogen-bond donors (Lipinski definition) is 1. The number of aromatic amines is 1. The van der Waals surface area contributed by atoms with E-state index in [-0.39, 0.29) is 10.5 Å². The van der Waals surface area contributed by atoms with E-state index < -0.39 is 11.6 Å². The molecule has 0 radical (unpaired) electrons. The third kappa shape index (κ3) is 1.56. The van der Waals surface area contributed by atoms with Gasteiger partial charge < -0.3 is 0 Å². The quantitative estimate of drug-likeness (QED) is 0.759. The summed E-state index contributed by atoms with van der Waals surface area (Å²) in [6.07, 6.45) is 1.24. The molecule has 0 amide bonds. The highest BCUT2D eigenvalue weighted by Gasteiger charge is 2.13. The van der Waals surface area contributed by atoms with Gasteiger partial charge in [-0.3, -0.25) is 9.67 Å². The second kappa shape index (κ2) is 3.54. The zero-order chi connectivity index (χ0) is 11.0. The molecule has 1 N–H and O–H groups in total. The fourth-order valence-electron chi connectivity index (χ4n) is 1.27. The molecular formula is C9H7F2N3S. The molecule has 1 aromatic heterocycles. The molecular weight excluding hydrogens is 220 g/mol. The molecule has 78 valence electrons. The van der Waals surface area contributed by atoms with Crippen LogP contribution in [-0.4, -0.2) is 14.8 Å². The van der Waals surface area contributed by atoms with Crippen molar-refractivity contribution >= 4 is 12.2 Å². The Morgan fingerprint density at radius 1 is 1.40 bits per heavy atom. The van der Waals surface area contributed by atoms with Gasteiger partial charge in [0.2, 0.25) is 0 Å². The van der Waals surface area contributed by atoms with Gasteiger partial charge in [0.05, 0.1) is 0 Å². The van der Waals surface area contributed by atoms with E-state index in [0.29, 0.717) is 5.56 Å². The van der Waals surface area contributed by atoms with Gasteiger partial charge in [0.25, 0.3) is 0 Å². The summed E-state index contributed by atoms with van der Waals surface area (Å²) in [4.78, 5) is 0. The van der Waals surface area contributed by atoms with Crippen molar-refractivity contribution < 1.29 is 8.78 Å². The van der Waals surface area contributed by atoms with Crippen LogP contribution in [0.4, 0.5) is 8.78 Å². The summed E-state index contributed by atoms with van der Waals surface area (Å²) in [6, 6.07) is 2.57. The van der Waals surface area contributed by atoms with E-state index in [1.54, 1.807) is 6.92 Å². The van der Waals surface area contributed by atoms with E-state index in [1.807, 2.05) is 0 Å². The summed E-state index contributed by atoms with van der Waals surface area (Å²) in [6.45, 7) is 1.56. The van der Waals surface area contributed by atoms with Crippen LogP contribution in [0.2, 0.25) is 0 Å². The van der Waals surface area contributed by atoms with Crippen molar-refractivity contribution in [1.82, 2.24) is 14.8 Å². The Balaban J connectivity index is 2.78. The molecule has 0 aliphatic carbocycles. The molecule has 3 nitrogen and oxygen atoms in total. The van der Waals surface area contributed by atoms with E-state index in [4.69, 9.17) is 12.2 Å². The molecule has 0 unspecified atom stereocenters. The Labute approximate surface area is 89.4 Å². The molecule has 2 aromatic rings. The second-order valence-corrected chi connectivity index (χ2v) is 3.45. The molecule has 15 heavy (non-hydrogen) atoms. The van der Waals surface area contributed by atoms with Crippen molar-refractivity contribution in [3.05, 3.63) is 40.4 Å². The smallest absolute Gasteiger partial charge is 0.199 e. The lowest BCUT2D eigenvalue weighted by Gasteiger charge is -2.06. The minimum Gasteiger partial charge on any atom is -0.269 e. The average molecular weight is 227 g/mol. The molecule has 1 aromatic carbocycles. The van der Waals surface area contributed by atoms with Crippen molar-refractivity contribution in [3.63, 3.8) is 0 Å². The summed E-state index contributed by atoms with van der Waals surface area (Å²) in [7, 11) is 0. The molecule has 0 fully saturated rings. The Hall–Kier alpha value is -1.56. The highest BCUT2D eigenvalue weighted by Crippen LogP contribution is 2.20. The fraction of sp³-hybridized carbons (Fsp3) is 0.111. The zero-order valence-corrected chi connectivity index (χ0v) is 8.61. The molecule has 0 aliphatic heterocycles. The van der Waals surface area contributed by atoms with E-state index in [1.165, 1.54) is 18.5 Å². The number of halogens is 2. The maximum Gasteiger partial charge on any atom is 0.199 e. The Bertz CT molecular complexity index is 559. The molecule has 0 atom stereocenters. The molecule has 0 bridgehead atoms. The van der Waals surface area contributed by atoms with E-state index in [2.05, 4.69) is 10.2 Å². The Kier molecular flexibility index (Phi) is 2.36. The third-order valence-corrected chi connectivity index (χ3v) is 2.34. The lowest BCUT2D eigenvalue weighted by molar-refractivity contribution is 0.562. The zero-order valence-electron chi connectivity index (χ0n) is 7.79. The monoisotopic (exact) mass is 227 g/mol. The van der Waals surface area contributed by atoms with Gasteiger partial charge in [-0.1, -0.05) is 6.07 Å². The molecule has 6 heteroatoms. The molecule has 0 spiro atoms. The highest BCUT2D eigenvalue weighted by molar-refractivity contribution is 7.71. The van der Waals surface area contributed by atoms with Gasteiger partial charge in [-0.05, 0) is 30.8 Å². The maximum atomic E-state index is 13.7. The molecule has 0 saturated carbocycles. The van der Waals surface area contributed by atoms with Crippen LogP contribution in [0, 0.1) is 23.3 Å². The van der Waals surface area contributed by atoms with Gasteiger partial charge in [0.15, 0.2) is 10.6 Å². The van der Waals surface area contributed by atoms with Crippen molar-refractivity contribution in [3.8, 4) is 5.69 Å². The first kappa shape index (κ1) is 9.97. The van der Waals surface area contributed by atoms with Crippen LogP contribution in [0.1, 0.15) is 5.56 Å². The molecule has 0 saturated heterocycles. The van der Waals surface area contributed by atoms with Crippen molar-refractivity contribution in [2.24, 2.45) is 0 Å². The van der Waals surface area contributed by atoms with E-state index >= 15 is 0 Å². The molecule has 1 heterocycles. The largest absolute Gasteiger partial charge is 0.269 e. The summed E-state index contributed by atoms with van der Waals surface area (Å²) in [5, 5.41) is 6.05. The number of hydrogen-bond acceptors (Lipinski definition) is 2. The van der Waals surface area contributed by atoms with Crippen LogP contribution in [0.5, 0.6) is 0 Å². The fourth-order valence-corrected chi connectivity index (χ4v) is 1.46. The van der Waals surface area contributed by atoms with Gasteiger partial charge in [-0.15, -0.1) is 0 Å². The van der Waals surface area contributed by atoms with Crippen molar-refractivity contribution in [2.45, 2.75) is 6.92 Å². The standard InChI is InChI=1S/C9H7F2N3S/c1-5-2-3-6(10)8(7(5)11)14-4-12-13-9(14)15/h2-4H,1H3,(H,13,15). The second-order valence-electron chi connectivity index (χ2n) is 3.06. The number of nitrogens with zero attached hydrogens (tertiary/aromatic N) is 2. The number of benzene rings is 1. The van der Waals surface area contributed by atoms with Crippen LogP contribution >= 0.6 is 12.2 Å². The first-order chi connectivity index (χ1) is 7.11. The first-order valence-electron chi connectivity index (χ1n) is 4.18. The van der Waals surface area contributed by atoms with Gasteiger partial charge >= 0.3 is 0 Å². The van der Waals surface area contributed by atoms with Gasteiger partial charge in [-0.2, -0.15) is 5.10 Å². The predicted octanol–water partition coefficient (Wildman–Crippen LogP) is 2.52. The van der Waals surface area contributed by atoms with E-state index in [0.717, 1.165) is 4.57 Å². The summed E-state index contributed by atoms with van der Waals surface area (Å²) < 4.78 is 28.4. The van der Waals surface area contributed by atoms with Crippen molar-refractivity contribution in [2.75, 3.05) is 0 Å². The maximum absolute atomic E-state index is 13.7. The van der Waals surface area contributed by atoms with Crippen LogP contribution in [-0.2, 0) is 0 Å². The number of H-pyrrole nitrogens is 1. The molecule has 2 rings (SSSR count). The summed E-state index contributed by atoms with van der Waals surface area (Å²) in [5.41, 5.74) is 0.156. The predicted molar refractivity (Wildman–Crippen MR) is 53.4 cm³/mol. The third-order valence-electron chi connectivity index (χ3n) is 2.05. The highest BCUT2D eigenvalue weighted by atomic mass is 32.1. The van der Waals surface area contributed by atoms with E-state index in [9.17, 15) is 8.78 Å². The topological polar surface area (TPSA) is 33.6 Å². The number of rotatable bonds is 1. The minimum absolute atomic E-state index is 0.151. The van der Waals surface area contributed by atoms with Gasteiger partial charge in [0.1, 0.15) is 17.8 Å². The number of aromatic nitrogens is 3. The normalized spacial score (nSPS) is 10.6. The van der Waals surface area contributed by atoms with Crippen LogP contribution in [0.3, 0.4) is 0 Å². The average Bonchev–Trinajstić information content (AvgIpc) is 2.60. The van der Waals surface area contributed by atoms with Crippen LogP contribution < -0.4 is 0 Å². The minimum atomic E-state index is -0.671. The first-order valence-corrected chi connectivity index (χ1v) is 4.59. The van der Waals surface area contributed by atoms with Gasteiger partial charge in [-0.25, -0.2) is 8.78 Å². The van der Waals surface area contributed by atoms with Crippen LogP contribution in [0.15, 0.2) is 18.5 Å². The SMILES string of the molecule is Cc1ccc(F)c(-n2cn[nH]c2=S)c1F. The Morgan fingerprint density at radius 2 is 2.13 bits per heavy atom. The molecule has 0 aliphatic rings. The van der Waals surface area contributed by atoms with Crippen LogP contribution in [0.25, 0.3) is 5.69 Å². The van der Waals surface area contributed by atoms with Crippen molar-refractivity contribution in [1.29, 1.82) is 0 Å².